The summed E-state index contributed by atoms with van der Waals surface area (Å²) in [6.45, 7) is 1.65. The molecule has 1 aliphatic carbocycles. The topological polar surface area (TPSA) is 55.1 Å². The molecular weight excluding hydrogens is 212 g/mol. The maximum Gasteiger partial charge on any atom is 0.219 e. The van der Waals surface area contributed by atoms with Gasteiger partial charge in [-0.2, -0.15) is 0 Å². The van der Waals surface area contributed by atoms with E-state index in [0.717, 1.165) is 44.7 Å². The molecule has 3 N–H and O–H groups in total. The van der Waals surface area contributed by atoms with Crippen LogP contribution in [0.5, 0.6) is 0 Å². The average Bonchev–Trinajstić information content (AvgIpc) is 2.82. The first-order chi connectivity index (χ1) is 8.33. The predicted molar refractivity (Wildman–Crippen MR) is 71.7 cm³/mol. The Morgan fingerprint density at radius 1 is 1.12 bits per heavy atom. The van der Waals surface area contributed by atoms with Crippen molar-refractivity contribution in [2.45, 2.75) is 64.2 Å². The third kappa shape index (κ3) is 7.37. The molecular formula is C14H28N2O. The zero-order valence-electron chi connectivity index (χ0n) is 11.0. The van der Waals surface area contributed by atoms with Gasteiger partial charge in [0, 0.05) is 13.0 Å². The number of unbranched alkanes of at least 4 members (excludes halogenated alkanes) is 3. The van der Waals surface area contributed by atoms with Gasteiger partial charge in [0.2, 0.25) is 5.91 Å². The second-order valence-electron chi connectivity index (χ2n) is 5.24. The molecule has 1 rings (SSSR count). The summed E-state index contributed by atoms with van der Waals surface area (Å²) in [6, 6.07) is 0. The average molecular weight is 240 g/mol. The van der Waals surface area contributed by atoms with Crippen molar-refractivity contribution in [2.24, 2.45) is 11.7 Å². The lowest BCUT2D eigenvalue weighted by Crippen LogP contribution is -2.25. The summed E-state index contributed by atoms with van der Waals surface area (Å²) in [5, 5.41) is 3.04. The molecule has 0 bridgehead atoms. The van der Waals surface area contributed by atoms with E-state index in [1.807, 2.05) is 0 Å². The van der Waals surface area contributed by atoms with E-state index in [4.69, 9.17) is 5.73 Å². The second-order valence-corrected chi connectivity index (χ2v) is 5.24. The highest BCUT2D eigenvalue weighted by Crippen LogP contribution is 2.26. The summed E-state index contributed by atoms with van der Waals surface area (Å²) in [4.78, 5) is 11.5. The van der Waals surface area contributed by atoms with E-state index in [9.17, 15) is 4.79 Å². The van der Waals surface area contributed by atoms with Crippen molar-refractivity contribution in [2.75, 3.05) is 13.1 Å². The molecule has 3 nitrogen and oxygen atoms in total. The van der Waals surface area contributed by atoms with Crippen molar-refractivity contribution in [3.63, 3.8) is 0 Å². The predicted octanol–water partition coefficient (Wildman–Crippen LogP) is 2.59. The SMILES string of the molecule is NCCCCCCC(=O)NCCC1CCCC1. The molecule has 0 radical (unpaired) electrons. The minimum Gasteiger partial charge on any atom is -0.356 e. The number of hydrogen-bond acceptors (Lipinski definition) is 2. The fourth-order valence-electron chi connectivity index (χ4n) is 2.59. The van der Waals surface area contributed by atoms with Crippen LogP contribution in [-0.2, 0) is 4.79 Å². The molecule has 1 amide bonds. The number of nitrogens with two attached hydrogens (primary N) is 1. The first-order valence-corrected chi connectivity index (χ1v) is 7.29. The second kappa shape index (κ2) is 9.46. The first-order valence-electron chi connectivity index (χ1n) is 7.29. The quantitative estimate of drug-likeness (QED) is 0.609. The van der Waals surface area contributed by atoms with E-state index in [0.29, 0.717) is 6.42 Å². The monoisotopic (exact) mass is 240 g/mol. The van der Waals surface area contributed by atoms with Gasteiger partial charge in [-0.15, -0.1) is 0 Å². The van der Waals surface area contributed by atoms with Crippen LogP contribution in [0.25, 0.3) is 0 Å². The number of rotatable bonds is 9. The Morgan fingerprint density at radius 2 is 1.82 bits per heavy atom. The highest BCUT2D eigenvalue weighted by Gasteiger charge is 2.14. The van der Waals surface area contributed by atoms with E-state index < -0.39 is 0 Å². The fraction of sp³-hybridized carbons (Fsp3) is 0.929. The van der Waals surface area contributed by atoms with Crippen LogP contribution in [0, 0.1) is 5.92 Å². The lowest BCUT2D eigenvalue weighted by atomic mass is 10.0. The molecule has 0 saturated heterocycles. The Labute approximate surface area is 106 Å². The van der Waals surface area contributed by atoms with E-state index in [1.54, 1.807) is 0 Å². The molecule has 0 aromatic heterocycles. The largest absolute Gasteiger partial charge is 0.356 e. The number of carbonyl (C=O) groups excluding carboxylic acids is 1. The Bertz CT molecular complexity index is 200. The van der Waals surface area contributed by atoms with Gasteiger partial charge in [0.05, 0.1) is 0 Å². The van der Waals surface area contributed by atoms with Gasteiger partial charge in [0.15, 0.2) is 0 Å². The van der Waals surface area contributed by atoms with E-state index in [2.05, 4.69) is 5.32 Å². The molecule has 3 heteroatoms. The van der Waals surface area contributed by atoms with Crippen molar-refractivity contribution in [1.29, 1.82) is 0 Å². The van der Waals surface area contributed by atoms with Crippen molar-refractivity contribution >= 4 is 5.91 Å². The van der Waals surface area contributed by atoms with Crippen LogP contribution in [-0.4, -0.2) is 19.0 Å². The first kappa shape index (κ1) is 14.5. The van der Waals surface area contributed by atoms with Gasteiger partial charge >= 0.3 is 0 Å². The minimum atomic E-state index is 0.232. The van der Waals surface area contributed by atoms with Gasteiger partial charge in [0.25, 0.3) is 0 Å². The smallest absolute Gasteiger partial charge is 0.219 e. The molecule has 0 unspecified atom stereocenters. The number of carbonyl (C=O) groups is 1. The Kier molecular flexibility index (Phi) is 8.06. The van der Waals surface area contributed by atoms with Gasteiger partial charge < -0.3 is 11.1 Å². The molecule has 0 heterocycles. The molecule has 100 valence electrons. The minimum absolute atomic E-state index is 0.232. The summed E-state index contributed by atoms with van der Waals surface area (Å²) in [5.41, 5.74) is 5.42. The molecule has 1 saturated carbocycles. The summed E-state index contributed by atoms with van der Waals surface area (Å²) >= 11 is 0. The van der Waals surface area contributed by atoms with Gasteiger partial charge in [-0.1, -0.05) is 38.5 Å². The van der Waals surface area contributed by atoms with Gasteiger partial charge in [0.1, 0.15) is 0 Å². The Balaban J connectivity index is 1.86. The van der Waals surface area contributed by atoms with Crippen LogP contribution in [0.3, 0.4) is 0 Å². The molecule has 1 aliphatic rings. The molecule has 0 aromatic carbocycles. The molecule has 0 aliphatic heterocycles. The maximum atomic E-state index is 11.5. The van der Waals surface area contributed by atoms with Crippen LogP contribution in [0.2, 0.25) is 0 Å². The summed E-state index contributed by atoms with van der Waals surface area (Å²) in [7, 11) is 0. The van der Waals surface area contributed by atoms with E-state index >= 15 is 0 Å². The van der Waals surface area contributed by atoms with Crippen molar-refractivity contribution < 1.29 is 4.79 Å². The van der Waals surface area contributed by atoms with Crippen LogP contribution in [0.1, 0.15) is 64.2 Å². The van der Waals surface area contributed by atoms with E-state index in [-0.39, 0.29) is 5.91 Å². The molecule has 0 spiro atoms. The summed E-state index contributed by atoms with van der Waals surface area (Å²) in [5.74, 6) is 1.11. The van der Waals surface area contributed by atoms with Crippen LogP contribution in [0.15, 0.2) is 0 Å². The van der Waals surface area contributed by atoms with Gasteiger partial charge in [-0.25, -0.2) is 0 Å². The number of amides is 1. The normalized spacial score (nSPS) is 16.3. The molecule has 0 atom stereocenters. The maximum absolute atomic E-state index is 11.5. The Hall–Kier alpha value is -0.570. The summed E-state index contributed by atoms with van der Waals surface area (Å²) in [6.07, 6.45) is 11.8. The highest BCUT2D eigenvalue weighted by atomic mass is 16.1. The summed E-state index contributed by atoms with van der Waals surface area (Å²) < 4.78 is 0. The molecule has 17 heavy (non-hydrogen) atoms. The lowest BCUT2D eigenvalue weighted by Gasteiger charge is -2.09. The van der Waals surface area contributed by atoms with Crippen molar-refractivity contribution in [1.82, 2.24) is 5.32 Å². The fourth-order valence-corrected chi connectivity index (χ4v) is 2.59. The lowest BCUT2D eigenvalue weighted by molar-refractivity contribution is -0.121. The third-order valence-corrected chi connectivity index (χ3v) is 3.71. The van der Waals surface area contributed by atoms with Crippen LogP contribution >= 0.6 is 0 Å². The van der Waals surface area contributed by atoms with Gasteiger partial charge in [-0.05, 0) is 31.7 Å². The van der Waals surface area contributed by atoms with Crippen LogP contribution in [0.4, 0.5) is 0 Å². The third-order valence-electron chi connectivity index (χ3n) is 3.71. The van der Waals surface area contributed by atoms with Crippen molar-refractivity contribution in [3.8, 4) is 0 Å². The Morgan fingerprint density at radius 3 is 2.53 bits per heavy atom. The number of nitrogens with one attached hydrogen (secondary N) is 1. The standard InChI is InChI=1S/C14H28N2O/c15-11-6-2-1-3-9-14(17)16-12-10-13-7-4-5-8-13/h13H,1-12,15H2,(H,16,17). The molecule has 1 fully saturated rings. The van der Waals surface area contributed by atoms with Crippen LogP contribution < -0.4 is 11.1 Å². The van der Waals surface area contributed by atoms with Gasteiger partial charge in [-0.3, -0.25) is 4.79 Å². The highest BCUT2D eigenvalue weighted by molar-refractivity contribution is 5.75. The zero-order valence-corrected chi connectivity index (χ0v) is 11.0. The number of hydrogen-bond donors (Lipinski definition) is 2. The zero-order chi connectivity index (χ0) is 12.3. The van der Waals surface area contributed by atoms with Crippen molar-refractivity contribution in [3.05, 3.63) is 0 Å². The molecule has 0 aromatic rings. The van der Waals surface area contributed by atoms with E-state index in [1.165, 1.54) is 32.1 Å².